The first-order valence-electron chi connectivity index (χ1n) is 7.54. The van der Waals surface area contributed by atoms with Crippen LogP contribution in [0.3, 0.4) is 0 Å². The number of nitrogens with one attached hydrogen (secondary N) is 1. The van der Waals surface area contributed by atoms with Crippen LogP contribution in [0.5, 0.6) is 11.5 Å². The minimum atomic E-state index is -0.428. The van der Waals surface area contributed by atoms with Crippen molar-refractivity contribution >= 4 is 34.0 Å². The first kappa shape index (κ1) is 18.7. The Labute approximate surface area is 154 Å². The zero-order chi connectivity index (χ0) is 18.2. The molecule has 0 saturated carbocycles. The largest absolute Gasteiger partial charge is 0.490 e. The van der Waals surface area contributed by atoms with E-state index in [0.717, 1.165) is 0 Å². The molecular formula is C18H17BrN2O4. The molecule has 0 fully saturated rings. The third-order valence-corrected chi connectivity index (χ3v) is 3.71. The maximum Gasteiger partial charge on any atom is 0.308 e. The lowest BCUT2D eigenvalue weighted by molar-refractivity contribution is -0.132. The normalized spacial score (nSPS) is 10.5. The summed E-state index contributed by atoms with van der Waals surface area (Å²) in [5, 5.41) is 3.94. The Kier molecular flexibility index (Phi) is 6.71. The van der Waals surface area contributed by atoms with Crippen LogP contribution in [0.25, 0.3) is 0 Å². The highest BCUT2D eigenvalue weighted by Crippen LogP contribution is 2.28. The van der Waals surface area contributed by atoms with E-state index in [4.69, 9.17) is 9.47 Å². The van der Waals surface area contributed by atoms with Crippen LogP contribution in [0.1, 0.15) is 29.8 Å². The van der Waals surface area contributed by atoms with E-state index in [0.29, 0.717) is 33.7 Å². The van der Waals surface area contributed by atoms with Crippen molar-refractivity contribution < 1.29 is 19.1 Å². The van der Waals surface area contributed by atoms with E-state index in [2.05, 4.69) is 26.5 Å². The second-order valence-corrected chi connectivity index (χ2v) is 5.77. The molecule has 0 spiro atoms. The van der Waals surface area contributed by atoms with Crippen LogP contribution in [0.2, 0.25) is 0 Å². The third-order valence-electron chi connectivity index (χ3n) is 3.02. The van der Waals surface area contributed by atoms with Gasteiger partial charge in [-0.05, 0) is 58.7 Å². The molecule has 0 aliphatic heterocycles. The predicted octanol–water partition coefficient (Wildman–Crippen LogP) is 3.54. The summed E-state index contributed by atoms with van der Waals surface area (Å²) >= 11 is 3.32. The molecular weight excluding hydrogens is 388 g/mol. The number of rotatable bonds is 6. The summed E-state index contributed by atoms with van der Waals surface area (Å²) < 4.78 is 11.2. The number of halogens is 1. The smallest absolute Gasteiger partial charge is 0.308 e. The van der Waals surface area contributed by atoms with Crippen molar-refractivity contribution in [3.8, 4) is 11.5 Å². The average molecular weight is 405 g/mol. The first-order valence-corrected chi connectivity index (χ1v) is 8.33. The fourth-order valence-corrected chi connectivity index (χ4v) is 2.45. The van der Waals surface area contributed by atoms with Gasteiger partial charge >= 0.3 is 5.97 Å². The molecule has 130 valence electrons. The molecule has 1 N–H and O–H groups in total. The molecule has 7 heteroatoms. The van der Waals surface area contributed by atoms with Crippen LogP contribution in [0.4, 0.5) is 0 Å². The standard InChI is InChI=1S/C18H17BrN2O4/c1-3-24-17-10-13(8-9-16(17)25-12(2)22)11-20-21-18(23)14-6-4-5-7-15(14)19/h4-11H,3H2,1-2H3,(H,21,23)/b20-11-. The van der Waals surface area contributed by atoms with E-state index >= 15 is 0 Å². The van der Waals surface area contributed by atoms with Crippen molar-refractivity contribution in [2.24, 2.45) is 5.10 Å². The van der Waals surface area contributed by atoms with E-state index in [1.54, 1.807) is 36.4 Å². The summed E-state index contributed by atoms with van der Waals surface area (Å²) in [5.74, 6) is 0.0101. The van der Waals surface area contributed by atoms with E-state index in [1.165, 1.54) is 13.1 Å². The number of amides is 1. The SMILES string of the molecule is CCOc1cc(/C=N\NC(=O)c2ccccc2Br)ccc1OC(C)=O. The number of nitrogens with zero attached hydrogens (tertiary/aromatic N) is 1. The third kappa shape index (κ3) is 5.42. The number of hydrazone groups is 1. The van der Waals surface area contributed by atoms with Gasteiger partial charge in [0.15, 0.2) is 11.5 Å². The molecule has 0 bridgehead atoms. The minimum absolute atomic E-state index is 0.328. The number of hydrogen-bond donors (Lipinski definition) is 1. The maximum absolute atomic E-state index is 12.1. The highest BCUT2D eigenvalue weighted by molar-refractivity contribution is 9.10. The molecule has 2 aromatic carbocycles. The monoisotopic (exact) mass is 404 g/mol. The van der Waals surface area contributed by atoms with Gasteiger partial charge in [0.25, 0.3) is 5.91 Å². The molecule has 0 saturated heterocycles. The van der Waals surface area contributed by atoms with Gasteiger partial charge in [-0.2, -0.15) is 5.10 Å². The van der Waals surface area contributed by atoms with Gasteiger partial charge in [0, 0.05) is 11.4 Å². The molecule has 0 aliphatic carbocycles. The van der Waals surface area contributed by atoms with Gasteiger partial charge in [0.2, 0.25) is 0 Å². The van der Waals surface area contributed by atoms with Gasteiger partial charge in [-0.3, -0.25) is 9.59 Å². The van der Waals surface area contributed by atoms with Crippen molar-refractivity contribution in [1.29, 1.82) is 0 Å². The zero-order valence-electron chi connectivity index (χ0n) is 13.8. The minimum Gasteiger partial charge on any atom is -0.490 e. The lowest BCUT2D eigenvalue weighted by Gasteiger charge is -2.10. The molecule has 0 radical (unpaired) electrons. The number of carbonyl (C=O) groups is 2. The van der Waals surface area contributed by atoms with Crippen LogP contribution in [-0.2, 0) is 4.79 Å². The van der Waals surface area contributed by atoms with Crippen LogP contribution >= 0.6 is 15.9 Å². The highest BCUT2D eigenvalue weighted by atomic mass is 79.9. The maximum atomic E-state index is 12.1. The van der Waals surface area contributed by atoms with E-state index in [1.807, 2.05) is 13.0 Å². The number of esters is 1. The Morgan fingerprint density at radius 2 is 1.96 bits per heavy atom. The van der Waals surface area contributed by atoms with E-state index in [9.17, 15) is 9.59 Å². The summed E-state index contributed by atoms with van der Waals surface area (Å²) in [7, 11) is 0. The van der Waals surface area contributed by atoms with Crippen molar-refractivity contribution in [1.82, 2.24) is 5.43 Å². The molecule has 0 heterocycles. The Hall–Kier alpha value is -2.67. The number of ether oxygens (including phenoxy) is 2. The summed E-state index contributed by atoms with van der Waals surface area (Å²) in [6.45, 7) is 3.58. The van der Waals surface area contributed by atoms with Crippen LogP contribution < -0.4 is 14.9 Å². The quantitative estimate of drug-likeness (QED) is 0.345. The van der Waals surface area contributed by atoms with E-state index in [-0.39, 0.29) is 5.91 Å². The molecule has 1 amide bonds. The fourth-order valence-electron chi connectivity index (χ4n) is 1.98. The van der Waals surface area contributed by atoms with E-state index < -0.39 is 5.97 Å². The summed E-state index contributed by atoms with van der Waals surface area (Å²) in [6, 6.07) is 12.1. The van der Waals surface area contributed by atoms with Gasteiger partial charge in [-0.1, -0.05) is 12.1 Å². The van der Waals surface area contributed by atoms with Gasteiger partial charge in [-0.25, -0.2) is 5.43 Å². The molecule has 25 heavy (non-hydrogen) atoms. The van der Waals surface area contributed by atoms with Crippen molar-refractivity contribution in [2.75, 3.05) is 6.61 Å². The summed E-state index contributed by atoms with van der Waals surface area (Å²) in [4.78, 5) is 23.2. The lowest BCUT2D eigenvalue weighted by atomic mass is 10.2. The lowest BCUT2D eigenvalue weighted by Crippen LogP contribution is -2.18. The molecule has 6 nitrogen and oxygen atoms in total. The van der Waals surface area contributed by atoms with Crippen LogP contribution in [0, 0.1) is 0 Å². The molecule has 0 atom stereocenters. The van der Waals surface area contributed by atoms with Crippen LogP contribution in [-0.4, -0.2) is 24.7 Å². The highest BCUT2D eigenvalue weighted by Gasteiger charge is 2.09. The summed E-state index contributed by atoms with van der Waals surface area (Å²) in [6.07, 6.45) is 1.48. The van der Waals surface area contributed by atoms with Gasteiger partial charge < -0.3 is 9.47 Å². The molecule has 0 aromatic heterocycles. The molecule has 2 rings (SSSR count). The van der Waals surface area contributed by atoms with Gasteiger partial charge in [0.1, 0.15) is 0 Å². The zero-order valence-corrected chi connectivity index (χ0v) is 15.4. The Morgan fingerprint density at radius 1 is 1.20 bits per heavy atom. The number of carbonyl (C=O) groups excluding carboxylic acids is 2. The Balaban J connectivity index is 2.10. The Bertz CT molecular complexity index is 805. The average Bonchev–Trinajstić information content (AvgIpc) is 2.57. The number of benzene rings is 2. The predicted molar refractivity (Wildman–Crippen MR) is 98.1 cm³/mol. The molecule has 0 aliphatic rings. The fraction of sp³-hybridized carbons (Fsp3) is 0.167. The molecule has 0 unspecified atom stereocenters. The second-order valence-electron chi connectivity index (χ2n) is 4.91. The van der Waals surface area contributed by atoms with Crippen LogP contribution in [0.15, 0.2) is 52.0 Å². The van der Waals surface area contributed by atoms with Gasteiger partial charge in [0.05, 0.1) is 18.4 Å². The van der Waals surface area contributed by atoms with Crippen molar-refractivity contribution in [2.45, 2.75) is 13.8 Å². The topological polar surface area (TPSA) is 77.0 Å². The Morgan fingerprint density at radius 3 is 2.64 bits per heavy atom. The first-order chi connectivity index (χ1) is 12.0. The summed E-state index contributed by atoms with van der Waals surface area (Å²) in [5.41, 5.74) is 3.63. The van der Waals surface area contributed by atoms with Gasteiger partial charge in [-0.15, -0.1) is 0 Å². The second kappa shape index (κ2) is 8.98. The van der Waals surface area contributed by atoms with Crippen molar-refractivity contribution in [3.05, 3.63) is 58.1 Å². The van der Waals surface area contributed by atoms with Crippen molar-refractivity contribution in [3.63, 3.8) is 0 Å². The number of hydrogen-bond acceptors (Lipinski definition) is 5. The molecule has 2 aromatic rings.